The summed E-state index contributed by atoms with van der Waals surface area (Å²) in [6.45, 7) is 0.635. The number of benzene rings is 1. The average molecular weight is 263 g/mol. The normalized spacial score (nSPS) is 11.7. The van der Waals surface area contributed by atoms with Crippen LogP contribution in [-0.4, -0.2) is 27.0 Å². The zero-order valence-electron chi connectivity index (χ0n) is 9.54. The molecule has 0 radical (unpaired) electrons. The summed E-state index contributed by atoms with van der Waals surface area (Å²) in [6.07, 6.45) is 1.62. The summed E-state index contributed by atoms with van der Waals surface area (Å²) >= 11 is 0. The van der Waals surface area contributed by atoms with Crippen molar-refractivity contribution in [1.29, 1.82) is 0 Å². The fourth-order valence-electron chi connectivity index (χ4n) is 1.37. The van der Waals surface area contributed by atoms with Crippen LogP contribution in [0, 0.1) is 11.6 Å². The summed E-state index contributed by atoms with van der Waals surface area (Å²) in [5.41, 5.74) is 0.240. The third-order valence-electron chi connectivity index (χ3n) is 2.22. The van der Waals surface area contributed by atoms with Crippen LogP contribution in [0.3, 0.4) is 0 Å². The maximum atomic E-state index is 13.2. The smallest absolute Gasteiger partial charge is 0.163 e. The van der Waals surface area contributed by atoms with Crippen LogP contribution in [-0.2, 0) is 16.4 Å². The van der Waals surface area contributed by atoms with Crippen molar-refractivity contribution < 1.29 is 17.2 Å². The van der Waals surface area contributed by atoms with Crippen molar-refractivity contribution in [3.8, 4) is 0 Å². The lowest BCUT2D eigenvalue weighted by Crippen LogP contribution is -2.18. The van der Waals surface area contributed by atoms with Crippen LogP contribution in [0.25, 0.3) is 0 Å². The highest BCUT2D eigenvalue weighted by molar-refractivity contribution is 7.90. The summed E-state index contributed by atoms with van der Waals surface area (Å²) in [4.78, 5) is 0. The predicted molar refractivity (Wildman–Crippen MR) is 62.4 cm³/mol. The first kappa shape index (κ1) is 14.1. The maximum absolute atomic E-state index is 13.2. The monoisotopic (exact) mass is 263 g/mol. The SMILES string of the molecule is CS(=O)(=O)CCCNCc1cccc(F)c1F. The minimum atomic E-state index is -2.96. The zero-order valence-corrected chi connectivity index (χ0v) is 10.4. The van der Waals surface area contributed by atoms with E-state index < -0.39 is 21.5 Å². The topological polar surface area (TPSA) is 46.2 Å². The molecule has 1 N–H and O–H groups in total. The van der Waals surface area contributed by atoms with Crippen molar-refractivity contribution >= 4 is 9.84 Å². The highest BCUT2D eigenvalue weighted by Gasteiger charge is 2.06. The van der Waals surface area contributed by atoms with Gasteiger partial charge in [0.2, 0.25) is 0 Å². The first-order valence-corrected chi connectivity index (χ1v) is 7.27. The molecule has 3 nitrogen and oxygen atoms in total. The Morgan fingerprint density at radius 3 is 2.65 bits per heavy atom. The lowest BCUT2D eigenvalue weighted by Gasteiger charge is -2.06. The summed E-state index contributed by atoms with van der Waals surface area (Å²) in [5, 5.41) is 2.87. The Hall–Kier alpha value is -1.01. The van der Waals surface area contributed by atoms with E-state index in [0.717, 1.165) is 6.07 Å². The van der Waals surface area contributed by atoms with Crippen molar-refractivity contribution in [2.24, 2.45) is 0 Å². The van der Waals surface area contributed by atoms with Crippen LogP contribution < -0.4 is 5.32 Å². The van der Waals surface area contributed by atoms with E-state index in [1.165, 1.54) is 18.4 Å². The molecule has 1 aromatic rings. The number of halogens is 2. The summed E-state index contributed by atoms with van der Waals surface area (Å²) in [6, 6.07) is 3.98. The van der Waals surface area contributed by atoms with Gasteiger partial charge in [0.05, 0.1) is 5.75 Å². The van der Waals surface area contributed by atoms with E-state index in [1.54, 1.807) is 0 Å². The molecule has 96 valence electrons. The summed E-state index contributed by atoms with van der Waals surface area (Å²) in [5.74, 6) is -1.64. The van der Waals surface area contributed by atoms with Gasteiger partial charge in [-0.1, -0.05) is 12.1 Å². The number of nitrogens with one attached hydrogen (secondary N) is 1. The molecule has 1 aromatic carbocycles. The molecule has 0 unspecified atom stereocenters. The Balaban J connectivity index is 2.34. The van der Waals surface area contributed by atoms with Crippen LogP contribution in [0.2, 0.25) is 0 Å². The molecule has 1 rings (SSSR count). The van der Waals surface area contributed by atoms with Gasteiger partial charge in [-0.25, -0.2) is 17.2 Å². The lowest BCUT2D eigenvalue weighted by atomic mass is 10.2. The highest BCUT2D eigenvalue weighted by atomic mass is 32.2. The van der Waals surface area contributed by atoms with Gasteiger partial charge >= 0.3 is 0 Å². The van der Waals surface area contributed by atoms with Crippen molar-refractivity contribution in [1.82, 2.24) is 5.32 Å². The molecule has 0 atom stereocenters. The third-order valence-corrected chi connectivity index (χ3v) is 3.25. The molecule has 0 saturated carbocycles. The van der Waals surface area contributed by atoms with Gasteiger partial charge in [-0.15, -0.1) is 0 Å². The molecule has 0 aromatic heterocycles. The van der Waals surface area contributed by atoms with E-state index in [-0.39, 0.29) is 17.9 Å². The molecule has 6 heteroatoms. The quantitative estimate of drug-likeness (QED) is 0.791. The van der Waals surface area contributed by atoms with Gasteiger partial charge in [-0.2, -0.15) is 0 Å². The van der Waals surface area contributed by atoms with Gasteiger partial charge in [0, 0.05) is 18.4 Å². The molecule has 0 fully saturated rings. The van der Waals surface area contributed by atoms with Crippen molar-refractivity contribution in [3.05, 3.63) is 35.4 Å². The number of rotatable bonds is 6. The second-order valence-electron chi connectivity index (χ2n) is 3.87. The third kappa shape index (κ3) is 5.23. The van der Waals surface area contributed by atoms with Crippen LogP contribution in [0.1, 0.15) is 12.0 Å². The number of hydrogen-bond acceptors (Lipinski definition) is 3. The minimum Gasteiger partial charge on any atom is -0.313 e. The van der Waals surface area contributed by atoms with Crippen LogP contribution in [0.15, 0.2) is 18.2 Å². The van der Waals surface area contributed by atoms with Crippen molar-refractivity contribution in [2.75, 3.05) is 18.6 Å². The molecule has 0 aliphatic heterocycles. The predicted octanol–water partition coefficient (Wildman–Crippen LogP) is 1.49. The van der Waals surface area contributed by atoms with E-state index in [4.69, 9.17) is 0 Å². The minimum absolute atomic E-state index is 0.0889. The van der Waals surface area contributed by atoms with Crippen molar-refractivity contribution in [2.45, 2.75) is 13.0 Å². The average Bonchev–Trinajstić information content (AvgIpc) is 2.22. The molecule has 0 heterocycles. The van der Waals surface area contributed by atoms with E-state index >= 15 is 0 Å². The molecule has 17 heavy (non-hydrogen) atoms. The summed E-state index contributed by atoms with van der Waals surface area (Å²) in [7, 11) is -2.96. The largest absolute Gasteiger partial charge is 0.313 e. The van der Waals surface area contributed by atoms with E-state index in [0.29, 0.717) is 13.0 Å². The van der Waals surface area contributed by atoms with E-state index in [1.807, 2.05) is 0 Å². The standard InChI is InChI=1S/C11H15F2NO2S/c1-17(15,16)7-3-6-14-8-9-4-2-5-10(12)11(9)13/h2,4-5,14H,3,6-8H2,1H3. The van der Waals surface area contributed by atoms with Crippen molar-refractivity contribution in [3.63, 3.8) is 0 Å². The Labute approximate surface area is 99.8 Å². The van der Waals surface area contributed by atoms with Gasteiger partial charge in [-0.05, 0) is 19.0 Å². The fourth-order valence-corrected chi connectivity index (χ4v) is 2.04. The molecule has 0 saturated heterocycles. The Morgan fingerprint density at radius 1 is 1.29 bits per heavy atom. The lowest BCUT2D eigenvalue weighted by molar-refractivity contribution is 0.492. The molecule has 0 aliphatic rings. The number of sulfone groups is 1. The van der Waals surface area contributed by atoms with Gasteiger partial charge in [-0.3, -0.25) is 0 Å². The molecule has 0 aliphatic carbocycles. The van der Waals surface area contributed by atoms with Crippen LogP contribution in [0.5, 0.6) is 0 Å². The first-order chi connectivity index (χ1) is 7.90. The van der Waals surface area contributed by atoms with Crippen LogP contribution >= 0.6 is 0 Å². The summed E-state index contributed by atoms with van der Waals surface area (Å²) < 4.78 is 47.7. The zero-order chi connectivity index (χ0) is 12.9. The Morgan fingerprint density at radius 2 is 2.00 bits per heavy atom. The number of hydrogen-bond donors (Lipinski definition) is 1. The molecular weight excluding hydrogens is 248 g/mol. The second kappa shape index (κ2) is 6.07. The van der Waals surface area contributed by atoms with E-state index in [9.17, 15) is 17.2 Å². The Kier molecular flexibility index (Phi) is 5.02. The first-order valence-electron chi connectivity index (χ1n) is 5.21. The molecule has 0 amide bonds. The second-order valence-corrected chi connectivity index (χ2v) is 6.13. The highest BCUT2D eigenvalue weighted by Crippen LogP contribution is 2.10. The maximum Gasteiger partial charge on any atom is 0.163 e. The van der Waals surface area contributed by atoms with Gasteiger partial charge < -0.3 is 5.32 Å². The Bertz CT molecular complexity index is 474. The van der Waals surface area contributed by atoms with Gasteiger partial charge in [0.25, 0.3) is 0 Å². The molecular formula is C11H15F2NO2S. The van der Waals surface area contributed by atoms with E-state index in [2.05, 4.69) is 5.32 Å². The van der Waals surface area contributed by atoms with Crippen LogP contribution in [0.4, 0.5) is 8.78 Å². The fraction of sp³-hybridized carbons (Fsp3) is 0.455. The van der Waals surface area contributed by atoms with Gasteiger partial charge in [0.1, 0.15) is 9.84 Å². The molecule has 0 spiro atoms. The van der Waals surface area contributed by atoms with Gasteiger partial charge in [0.15, 0.2) is 11.6 Å². The molecule has 0 bridgehead atoms.